The molecule has 0 atom stereocenters. The number of para-hydroxylation sites is 1. The van der Waals surface area contributed by atoms with Gasteiger partial charge in [0.2, 0.25) is 11.6 Å². The topological polar surface area (TPSA) is 120 Å². The van der Waals surface area contributed by atoms with Gasteiger partial charge in [-0.25, -0.2) is 8.42 Å². The van der Waals surface area contributed by atoms with E-state index in [0.29, 0.717) is 0 Å². The number of methoxy groups -OCH3 is 2. The molecule has 0 aliphatic carbocycles. The number of nitrogens with one attached hydrogen (secondary N) is 1. The molecule has 2 aromatic rings. The summed E-state index contributed by atoms with van der Waals surface area (Å²) in [6, 6.07) is 3.26. The Balaban J connectivity index is 2.56. The predicted octanol–water partition coefficient (Wildman–Crippen LogP) is -0.122. The number of ether oxygens (including phenoxy) is 2. The molecule has 0 unspecified atom stereocenters. The summed E-state index contributed by atoms with van der Waals surface area (Å²) >= 11 is 0. The van der Waals surface area contributed by atoms with E-state index in [0.717, 1.165) is 0 Å². The largest absolute Gasteiger partial charge is 0.467 e. The number of sulfonamides is 1. The highest BCUT2D eigenvalue weighted by Crippen LogP contribution is 2.20. The Morgan fingerprint density at radius 2 is 1.73 bits per heavy atom. The van der Waals surface area contributed by atoms with Gasteiger partial charge < -0.3 is 9.47 Å². The first kappa shape index (κ1) is 19.5. The van der Waals surface area contributed by atoms with Gasteiger partial charge in [-0.1, -0.05) is 17.6 Å². The van der Waals surface area contributed by atoms with E-state index in [1.807, 2.05) is 0 Å². The second kappa shape index (κ2) is 7.60. The summed E-state index contributed by atoms with van der Waals surface area (Å²) in [7, 11) is 3.06. The fourth-order valence-electron chi connectivity index (χ4n) is 1.80. The molecule has 0 fully saturated rings. The number of carbonyl (C=O) groups is 1. The van der Waals surface area contributed by atoms with E-state index in [1.165, 1.54) is 32.4 Å². The van der Waals surface area contributed by atoms with Crippen LogP contribution >= 0.6 is 0 Å². The third kappa shape index (κ3) is 4.04. The van der Waals surface area contributed by atoms with Crippen LogP contribution in [-0.2, 0) is 10.0 Å². The van der Waals surface area contributed by atoms with Crippen LogP contribution in [0.2, 0.25) is 0 Å². The van der Waals surface area contributed by atoms with E-state index < -0.39 is 33.1 Å². The number of rotatable bonds is 7. The third-order valence-corrected chi connectivity index (χ3v) is 3.94. The maximum Gasteiger partial charge on any atom is 0.355 e. The number of carbonyl (C=O) groups excluding carboxylic acids is 1. The predicted molar refractivity (Wildman–Crippen MR) is 86.7 cm³/mol. The zero-order valence-electron chi connectivity index (χ0n) is 13.4. The highest BCUT2D eigenvalue weighted by molar-refractivity contribution is 7.93. The van der Waals surface area contributed by atoms with Gasteiger partial charge in [0.1, 0.15) is 7.85 Å². The highest BCUT2D eigenvalue weighted by atomic mass is 32.2. The molecular formula is C13H11BF2N4O5S. The van der Waals surface area contributed by atoms with Crippen molar-refractivity contribution < 1.29 is 31.5 Å². The molecule has 0 spiro atoms. The van der Waals surface area contributed by atoms with Gasteiger partial charge >= 0.3 is 17.8 Å². The maximum absolute atomic E-state index is 12.7. The quantitative estimate of drug-likeness (QED) is 0.518. The minimum Gasteiger partial charge on any atom is -0.467 e. The van der Waals surface area contributed by atoms with Crippen molar-refractivity contribution in [3.8, 4) is 12.0 Å². The van der Waals surface area contributed by atoms with Gasteiger partial charge in [-0.3, -0.25) is 9.52 Å². The Hall–Kier alpha value is -2.83. The number of ketones is 1. The number of benzene rings is 1. The highest BCUT2D eigenvalue weighted by Gasteiger charge is 2.28. The van der Waals surface area contributed by atoms with Crippen molar-refractivity contribution in [3.63, 3.8) is 0 Å². The Bertz CT molecular complexity index is 920. The van der Waals surface area contributed by atoms with Gasteiger partial charge in [0.15, 0.2) is 0 Å². The maximum atomic E-state index is 12.7. The summed E-state index contributed by atoms with van der Waals surface area (Å²) in [6.45, 7) is 0. The number of halogens is 2. The second-order valence-electron chi connectivity index (χ2n) is 4.64. The van der Waals surface area contributed by atoms with Crippen molar-refractivity contribution in [3.05, 3.63) is 29.6 Å². The zero-order chi connectivity index (χ0) is 19.5. The normalized spacial score (nSPS) is 11.3. The van der Waals surface area contributed by atoms with Crippen molar-refractivity contribution >= 4 is 34.8 Å². The lowest BCUT2D eigenvalue weighted by molar-refractivity contribution is 0.102. The number of nitrogens with zero attached hydrogens (tertiary/aromatic N) is 3. The number of alkyl halides is 2. The molecule has 2 radical (unpaired) electrons. The minimum atomic E-state index is -5.06. The number of aromatic nitrogens is 3. The molecule has 0 aliphatic heterocycles. The van der Waals surface area contributed by atoms with Crippen LogP contribution in [0.4, 0.5) is 14.5 Å². The average molecular weight is 384 g/mol. The standard InChI is InChI=1S/C13H11BF2N4O5S/c1-24-12-17-10(18-13(19-12)25-2)9(21)6-4-3-5-7(14)8(6)20-26(22,23)11(15)16/h3-5,11,20H,1-2H3. The van der Waals surface area contributed by atoms with Crippen LogP contribution in [0.3, 0.4) is 0 Å². The van der Waals surface area contributed by atoms with E-state index in [2.05, 4.69) is 15.0 Å². The lowest BCUT2D eigenvalue weighted by Crippen LogP contribution is -2.27. The monoisotopic (exact) mass is 384 g/mol. The number of hydrogen-bond donors (Lipinski definition) is 1. The van der Waals surface area contributed by atoms with Gasteiger partial charge in [0, 0.05) is 5.56 Å². The lowest BCUT2D eigenvalue weighted by Gasteiger charge is -2.14. The van der Waals surface area contributed by atoms with E-state index in [9.17, 15) is 22.0 Å². The molecule has 1 heterocycles. The Morgan fingerprint density at radius 3 is 2.23 bits per heavy atom. The second-order valence-corrected chi connectivity index (χ2v) is 6.29. The van der Waals surface area contributed by atoms with Crippen molar-refractivity contribution in [2.45, 2.75) is 5.76 Å². The van der Waals surface area contributed by atoms with Crippen molar-refractivity contribution in [2.75, 3.05) is 18.9 Å². The first-order valence-corrected chi connectivity index (χ1v) is 8.31. The molecule has 9 nitrogen and oxygen atoms in total. The van der Waals surface area contributed by atoms with Gasteiger partial charge in [0.05, 0.1) is 19.9 Å². The number of anilines is 1. The summed E-state index contributed by atoms with van der Waals surface area (Å²) in [4.78, 5) is 23.9. The molecular weight excluding hydrogens is 373 g/mol. The molecule has 136 valence electrons. The molecule has 1 aromatic heterocycles. The average Bonchev–Trinajstić information content (AvgIpc) is 2.62. The summed E-state index contributed by atoms with van der Waals surface area (Å²) in [5.41, 5.74) is -1.10. The molecule has 1 aromatic carbocycles. The van der Waals surface area contributed by atoms with Crippen LogP contribution in [0.15, 0.2) is 18.2 Å². The lowest BCUT2D eigenvalue weighted by atomic mass is 9.90. The van der Waals surface area contributed by atoms with Crippen LogP contribution in [0.25, 0.3) is 0 Å². The first-order valence-electron chi connectivity index (χ1n) is 6.76. The third-order valence-electron chi connectivity index (χ3n) is 2.98. The molecule has 0 aliphatic rings. The van der Waals surface area contributed by atoms with Crippen LogP contribution in [0.1, 0.15) is 16.2 Å². The zero-order valence-corrected chi connectivity index (χ0v) is 14.3. The number of hydrogen-bond acceptors (Lipinski definition) is 8. The van der Waals surface area contributed by atoms with Crippen LogP contribution in [-0.4, -0.2) is 57.0 Å². The minimum absolute atomic E-state index is 0.237. The van der Waals surface area contributed by atoms with Crippen LogP contribution in [0, 0.1) is 0 Å². The summed E-state index contributed by atoms with van der Waals surface area (Å²) in [6.07, 6.45) is 0. The molecule has 0 bridgehead atoms. The Morgan fingerprint density at radius 1 is 1.15 bits per heavy atom. The smallest absolute Gasteiger partial charge is 0.355 e. The van der Waals surface area contributed by atoms with Crippen molar-refractivity contribution in [1.82, 2.24) is 15.0 Å². The molecule has 0 amide bonds. The molecule has 0 saturated heterocycles. The van der Waals surface area contributed by atoms with Gasteiger partial charge in [0.25, 0.3) is 10.0 Å². The van der Waals surface area contributed by atoms with E-state index >= 15 is 0 Å². The molecule has 2 rings (SSSR count). The fraction of sp³-hybridized carbons (Fsp3) is 0.231. The summed E-state index contributed by atoms with van der Waals surface area (Å²) in [5.74, 6) is -5.09. The van der Waals surface area contributed by atoms with Gasteiger partial charge in [-0.15, -0.1) is 4.98 Å². The SMILES string of the molecule is [B]c1cccc(C(=O)c2nc(OC)nc(OC)n2)c1NS(=O)(=O)C(F)F. The van der Waals surface area contributed by atoms with E-state index in [4.69, 9.17) is 17.3 Å². The Kier molecular flexibility index (Phi) is 5.70. The Labute approximate surface area is 148 Å². The summed E-state index contributed by atoms with van der Waals surface area (Å²) < 4.78 is 59.4. The van der Waals surface area contributed by atoms with Gasteiger partial charge in [-0.2, -0.15) is 18.7 Å². The molecule has 1 N–H and O–H groups in total. The first-order chi connectivity index (χ1) is 12.2. The van der Waals surface area contributed by atoms with Crippen molar-refractivity contribution in [2.24, 2.45) is 0 Å². The summed E-state index contributed by atoms with van der Waals surface area (Å²) in [5, 5.41) is 0. The fourth-order valence-corrected chi connectivity index (χ4v) is 2.40. The molecule has 13 heteroatoms. The van der Waals surface area contributed by atoms with Crippen LogP contribution < -0.4 is 19.7 Å². The molecule has 26 heavy (non-hydrogen) atoms. The van der Waals surface area contributed by atoms with Crippen molar-refractivity contribution in [1.29, 1.82) is 0 Å². The van der Waals surface area contributed by atoms with Gasteiger partial charge in [-0.05, 0) is 6.07 Å². The van der Waals surface area contributed by atoms with Crippen LogP contribution in [0.5, 0.6) is 12.0 Å². The van der Waals surface area contributed by atoms with E-state index in [-0.39, 0.29) is 23.0 Å². The van der Waals surface area contributed by atoms with E-state index in [1.54, 1.807) is 4.72 Å². The molecule has 0 saturated carbocycles.